The number of hydrogen-bond donors (Lipinski definition) is 1. The van der Waals surface area contributed by atoms with Gasteiger partial charge in [0.05, 0.1) is 12.5 Å². The summed E-state index contributed by atoms with van der Waals surface area (Å²) in [6, 6.07) is 0. The average Bonchev–Trinajstić information content (AvgIpc) is 3.20. The van der Waals surface area contributed by atoms with Crippen LogP contribution in [0.25, 0.3) is 0 Å². The number of rotatable bonds is 5. The van der Waals surface area contributed by atoms with Crippen LogP contribution in [0.3, 0.4) is 0 Å². The maximum absolute atomic E-state index is 9.91. The third-order valence-corrected chi connectivity index (χ3v) is 4.76. The Kier molecular flexibility index (Phi) is 3.87. The van der Waals surface area contributed by atoms with E-state index >= 15 is 0 Å². The van der Waals surface area contributed by atoms with Crippen LogP contribution in [0.4, 0.5) is 0 Å². The summed E-state index contributed by atoms with van der Waals surface area (Å²) in [4.78, 5) is 4.52. The van der Waals surface area contributed by atoms with Crippen LogP contribution >= 0.6 is 0 Å². The van der Waals surface area contributed by atoms with Gasteiger partial charge in [-0.25, -0.2) is 0 Å². The van der Waals surface area contributed by atoms with Crippen LogP contribution in [0.1, 0.15) is 69.5 Å². The van der Waals surface area contributed by atoms with Crippen molar-refractivity contribution in [1.82, 2.24) is 10.1 Å². The van der Waals surface area contributed by atoms with Crippen molar-refractivity contribution in [2.24, 2.45) is 11.8 Å². The monoisotopic (exact) mass is 264 g/mol. The molecule has 2 saturated carbocycles. The molecule has 0 amide bonds. The van der Waals surface area contributed by atoms with E-state index in [-0.39, 0.29) is 6.10 Å². The zero-order valence-electron chi connectivity index (χ0n) is 11.7. The Labute approximate surface area is 114 Å². The second-order valence-corrected chi connectivity index (χ2v) is 6.29. The Balaban J connectivity index is 1.60. The minimum absolute atomic E-state index is 0.289. The molecular formula is C15H24N2O2. The molecule has 3 unspecified atom stereocenters. The third kappa shape index (κ3) is 3.16. The van der Waals surface area contributed by atoms with Gasteiger partial charge in [0.25, 0.3) is 0 Å². The fourth-order valence-corrected chi connectivity index (χ4v) is 3.24. The van der Waals surface area contributed by atoms with Gasteiger partial charge in [0.15, 0.2) is 5.82 Å². The van der Waals surface area contributed by atoms with Crippen LogP contribution in [0.5, 0.6) is 0 Å². The van der Waals surface area contributed by atoms with E-state index in [0.29, 0.717) is 24.1 Å². The van der Waals surface area contributed by atoms with Crippen molar-refractivity contribution in [3.05, 3.63) is 11.7 Å². The van der Waals surface area contributed by atoms with Crippen molar-refractivity contribution in [1.29, 1.82) is 0 Å². The predicted octanol–water partition coefficient (Wildman–Crippen LogP) is 3.07. The molecule has 4 heteroatoms. The topological polar surface area (TPSA) is 59.2 Å². The molecular weight excluding hydrogens is 240 g/mol. The lowest BCUT2D eigenvalue weighted by Gasteiger charge is -2.26. The number of aliphatic hydroxyl groups is 1. The van der Waals surface area contributed by atoms with Gasteiger partial charge in [0, 0.05) is 5.92 Å². The molecule has 19 heavy (non-hydrogen) atoms. The molecule has 2 fully saturated rings. The van der Waals surface area contributed by atoms with Gasteiger partial charge in [0.2, 0.25) is 5.89 Å². The van der Waals surface area contributed by atoms with E-state index < -0.39 is 0 Å². The van der Waals surface area contributed by atoms with Crippen LogP contribution in [-0.4, -0.2) is 21.4 Å². The number of aromatic nitrogens is 2. The maximum atomic E-state index is 9.91. The van der Waals surface area contributed by atoms with Crippen molar-refractivity contribution in [3.63, 3.8) is 0 Å². The van der Waals surface area contributed by atoms with Gasteiger partial charge in [0.1, 0.15) is 0 Å². The largest absolute Gasteiger partial charge is 0.392 e. The van der Waals surface area contributed by atoms with E-state index in [4.69, 9.17) is 4.52 Å². The Morgan fingerprint density at radius 3 is 2.89 bits per heavy atom. The van der Waals surface area contributed by atoms with Crippen LogP contribution in [0, 0.1) is 11.8 Å². The molecule has 0 aromatic carbocycles. The smallest absolute Gasteiger partial charge is 0.229 e. The van der Waals surface area contributed by atoms with Crippen molar-refractivity contribution < 1.29 is 9.63 Å². The van der Waals surface area contributed by atoms with Gasteiger partial charge >= 0.3 is 0 Å². The van der Waals surface area contributed by atoms with Crippen LogP contribution in [0.15, 0.2) is 4.52 Å². The van der Waals surface area contributed by atoms with Crippen LogP contribution in [0.2, 0.25) is 0 Å². The molecule has 2 aliphatic rings. The highest BCUT2D eigenvalue weighted by atomic mass is 16.5. The zero-order valence-corrected chi connectivity index (χ0v) is 11.7. The van der Waals surface area contributed by atoms with Gasteiger partial charge in [-0.2, -0.15) is 4.98 Å². The van der Waals surface area contributed by atoms with Crippen molar-refractivity contribution >= 4 is 0 Å². The summed E-state index contributed by atoms with van der Waals surface area (Å²) in [7, 11) is 0. The summed E-state index contributed by atoms with van der Waals surface area (Å²) in [6.45, 7) is 2.26. The van der Waals surface area contributed by atoms with Gasteiger partial charge in [-0.15, -0.1) is 0 Å². The highest BCUT2D eigenvalue weighted by molar-refractivity contribution is 4.99. The quantitative estimate of drug-likeness (QED) is 0.888. The maximum Gasteiger partial charge on any atom is 0.229 e. The zero-order chi connectivity index (χ0) is 13.2. The first-order valence-electron chi connectivity index (χ1n) is 7.76. The third-order valence-electron chi connectivity index (χ3n) is 4.76. The average molecular weight is 264 g/mol. The molecule has 0 aliphatic heterocycles. The van der Waals surface area contributed by atoms with Crippen molar-refractivity contribution in [2.45, 2.75) is 70.3 Å². The minimum Gasteiger partial charge on any atom is -0.392 e. The molecule has 3 rings (SSSR count). The summed E-state index contributed by atoms with van der Waals surface area (Å²) in [5.41, 5.74) is 0. The van der Waals surface area contributed by atoms with Crippen LogP contribution < -0.4 is 0 Å². The lowest BCUT2D eigenvalue weighted by molar-refractivity contribution is 0.140. The fraction of sp³-hybridized carbons (Fsp3) is 0.867. The second kappa shape index (κ2) is 5.61. The fourth-order valence-electron chi connectivity index (χ4n) is 3.24. The normalized spacial score (nSPS) is 29.4. The summed E-state index contributed by atoms with van der Waals surface area (Å²) in [6.07, 6.45) is 8.77. The lowest BCUT2D eigenvalue weighted by atomic mass is 9.80. The minimum atomic E-state index is -0.289. The van der Waals surface area contributed by atoms with E-state index in [9.17, 15) is 5.11 Å². The van der Waals surface area contributed by atoms with Gasteiger partial charge < -0.3 is 9.63 Å². The number of hydrogen-bond acceptors (Lipinski definition) is 4. The Morgan fingerprint density at radius 1 is 1.32 bits per heavy atom. The SMILES string of the molecule is CCC1CCCC(c2noc(CC(O)C3CC3)n2)C1. The number of aliphatic hydroxyl groups excluding tert-OH is 1. The van der Waals surface area contributed by atoms with E-state index in [1.165, 1.54) is 32.1 Å². The van der Waals surface area contributed by atoms with Gasteiger partial charge in [-0.1, -0.05) is 31.3 Å². The van der Waals surface area contributed by atoms with E-state index in [1.807, 2.05) is 0 Å². The molecule has 0 saturated heterocycles. The lowest BCUT2D eigenvalue weighted by Crippen LogP contribution is -2.15. The molecule has 1 aromatic heterocycles. The molecule has 4 nitrogen and oxygen atoms in total. The summed E-state index contributed by atoms with van der Waals surface area (Å²) < 4.78 is 5.31. The molecule has 1 aromatic rings. The van der Waals surface area contributed by atoms with E-state index in [0.717, 1.165) is 24.6 Å². The standard InChI is InChI=1S/C15H24N2O2/c1-2-10-4-3-5-12(8-10)15-16-14(19-17-15)9-13(18)11-6-7-11/h10-13,18H,2-9H2,1H3. The Bertz CT molecular complexity index is 414. The molecule has 0 bridgehead atoms. The van der Waals surface area contributed by atoms with E-state index in [1.54, 1.807) is 0 Å². The molecule has 0 radical (unpaired) electrons. The summed E-state index contributed by atoms with van der Waals surface area (Å²) in [5.74, 6) is 3.24. The molecule has 0 spiro atoms. The number of nitrogens with zero attached hydrogens (tertiary/aromatic N) is 2. The molecule has 3 atom stereocenters. The van der Waals surface area contributed by atoms with Gasteiger partial charge in [-0.3, -0.25) is 0 Å². The summed E-state index contributed by atoms with van der Waals surface area (Å²) >= 11 is 0. The first kappa shape index (κ1) is 13.1. The van der Waals surface area contributed by atoms with Crippen molar-refractivity contribution in [3.8, 4) is 0 Å². The van der Waals surface area contributed by atoms with Crippen LogP contribution in [-0.2, 0) is 6.42 Å². The van der Waals surface area contributed by atoms with E-state index in [2.05, 4.69) is 17.1 Å². The highest BCUT2D eigenvalue weighted by Crippen LogP contribution is 2.37. The molecule has 106 valence electrons. The molecule has 2 aliphatic carbocycles. The first-order valence-corrected chi connectivity index (χ1v) is 7.76. The predicted molar refractivity (Wildman–Crippen MR) is 71.7 cm³/mol. The Morgan fingerprint density at radius 2 is 2.16 bits per heavy atom. The van der Waals surface area contributed by atoms with Crippen molar-refractivity contribution in [2.75, 3.05) is 0 Å². The summed E-state index contributed by atoms with van der Waals surface area (Å²) in [5, 5.41) is 14.1. The Hall–Kier alpha value is -0.900. The van der Waals surface area contributed by atoms with Gasteiger partial charge in [-0.05, 0) is 37.5 Å². The molecule has 1 heterocycles. The second-order valence-electron chi connectivity index (χ2n) is 6.29. The highest BCUT2D eigenvalue weighted by Gasteiger charge is 2.32. The molecule has 1 N–H and O–H groups in total. The first-order chi connectivity index (χ1) is 9.26.